The first-order valence-corrected chi connectivity index (χ1v) is 11.4. The van der Waals surface area contributed by atoms with Crippen LogP contribution in [0.5, 0.6) is 0 Å². The SMILES string of the molecule is CN=C(NCc1ccc(CN2CCOCC2)cc1)NC1CCN(c2cccc(Cl)c2)C1.I. The van der Waals surface area contributed by atoms with E-state index in [1.54, 1.807) is 0 Å². The quantitative estimate of drug-likeness (QED) is 0.316. The molecule has 1 unspecified atom stereocenters. The molecule has 0 radical (unpaired) electrons. The summed E-state index contributed by atoms with van der Waals surface area (Å²) in [6.45, 7) is 7.41. The van der Waals surface area contributed by atoms with E-state index in [2.05, 4.69) is 55.8 Å². The summed E-state index contributed by atoms with van der Waals surface area (Å²) < 4.78 is 5.43. The molecule has 2 heterocycles. The van der Waals surface area contributed by atoms with Gasteiger partial charge in [0, 0.05) is 63.1 Å². The van der Waals surface area contributed by atoms with E-state index >= 15 is 0 Å². The number of morpholine rings is 1. The number of halogens is 2. The molecule has 8 heteroatoms. The third-order valence-corrected chi connectivity index (χ3v) is 6.15. The number of anilines is 1. The smallest absolute Gasteiger partial charge is 0.191 e. The van der Waals surface area contributed by atoms with E-state index in [0.29, 0.717) is 6.04 Å². The molecule has 1 atom stereocenters. The van der Waals surface area contributed by atoms with Crippen LogP contribution in [-0.4, -0.2) is 63.3 Å². The molecule has 32 heavy (non-hydrogen) atoms. The minimum atomic E-state index is 0. The van der Waals surface area contributed by atoms with Gasteiger partial charge in [-0.2, -0.15) is 0 Å². The fourth-order valence-corrected chi connectivity index (χ4v) is 4.32. The molecule has 0 spiro atoms. The van der Waals surface area contributed by atoms with Gasteiger partial charge in [-0.05, 0) is 35.7 Å². The topological polar surface area (TPSA) is 52.1 Å². The van der Waals surface area contributed by atoms with Gasteiger partial charge in [-0.15, -0.1) is 24.0 Å². The maximum Gasteiger partial charge on any atom is 0.191 e. The normalized spacial score (nSPS) is 19.5. The molecule has 0 aliphatic carbocycles. The monoisotopic (exact) mass is 569 g/mol. The van der Waals surface area contributed by atoms with Crippen molar-refractivity contribution in [1.29, 1.82) is 0 Å². The number of aliphatic imine (C=N–C) groups is 1. The molecule has 2 N–H and O–H groups in total. The summed E-state index contributed by atoms with van der Waals surface area (Å²) in [7, 11) is 1.82. The molecule has 2 aliphatic rings. The Morgan fingerprint density at radius 3 is 2.56 bits per heavy atom. The lowest BCUT2D eigenvalue weighted by molar-refractivity contribution is 0.0342. The van der Waals surface area contributed by atoms with Gasteiger partial charge in [0.25, 0.3) is 0 Å². The van der Waals surface area contributed by atoms with E-state index in [4.69, 9.17) is 16.3 Å². The predicted octanol–water partition coefficient (Wildman–Crippen LogP) is 3.73. The number of guanidine groups is 1. The summed E-state index contributed by atoms with van der Waals surface area (Å²) in [5.74, 6) is 0.843. The molecule has 6 nitrogen and oxygen atoms in total. The lowest BCUT2D eigenvalue weighted by Crippen LogP contribution is -2.44. The van der Waals surface area contributed by atoms with E-state index in [1.165, 1.54) is 16.8 Å². The minimum Gasteiger partial charge on any atom is -0.379 e. The highest BCUT2D eigenvalue weighted by Crippen LogP contribution is 2.23. The number of hydrogen-bond acceptors (Lipinski definition) is 4. The first-order valence-electron chi connectivity index (χ1n) is 11.1. The number of hydrogen-bond donors (Lipinski definition) is 2. The van der Waals surface area contributed by atoms with Gasteiger partial charge in [-0.1, -0.05) is 41.9 Å². The highest BCUT2D eigenvalue weighted by atomic mass is 127. The van der Waals surface area contributed by atoms with Crippen molar-refractivity contribution in [1.82, 2.24) is 15.5 Å². The van der Waals surface area contributed by atoms with Crippen LogP contribution in [0.15, 0.2) is 53.5 Å². The van der Waals surface area contributed by atoms with Crippen molar-refractivity contribution in [2.75, 3.05) is 51.3 Å². The fourth-order valence-electron chi connectivity index (χ4n) is 4.14. The van der Waals surface area contributed by atoms with Crippen LogP contribution in [0.2, 0.25) is 5.02 Å². The van der Waals surface area contributed by atoms with Gasteiger partial charge in [-0.25, -0.2) is 0 Å². The predicted molar refractivity (Wildman–Crippen MR) is 143 cm³/mol. The van der Waals surface area contributed by atoms with E-state index in [9.17, 15) is 0 Å². The van der Waals surface area contributed by atoms with Gasteiger partial charge in [-0.3, -0.25) is 9.89 Å². The molecule has 0 amide bonds. The van der Waals surface area contributed by atoms with Gasteiger partial charge >= 0.3 is 0 Å². The van der Waals surface area contributed by atoms with Crippen molar-refractivity contribution in [3.8, 4) is 0 Å². The van der Waals surface area contributed by atoms with Gasteiger partial charge in [0.1, 0.15) is 0 Å². The van der Waals surface area contributed by atoms with E-state index in [0.717, 1.165) is 69.9 Å². The summed E-state index contributed by atoms with van der Waals surface area (Å²) >= 11 is 6.15. The third kappa shape index (κ3) is 7.23. The molecule has 0 bridgehead atoms. The molecular weight excluding hydrogens is 537 g/mol. The summed E-state index contributed by atoms with van der Waals surface area (Å²) in [6, 6.07) is 17.3. The van der Waals surface area contributed by atoms with Crippen LogP contribution in [-0.2, 0) is 17.8 Å². The van der Waals surface area contributed by atoms with Crippen molar-refractivity contribution in [2.45, 2.75) is 25.6 Å². The van der Waals surface area contributed by atoms with E-state index < -0.39 is 0 Å². The highest BCUT2D eigenvalue weighted by Gasteiger charge is 2.23. The molecule has 174 valence electrons. The average molecular weight is 570 g/mol. The summed E-state index contributed by atoms with van der Waals surface area (Å²) in [5.41, 5.74) is 3.78. The maximum atomic E-state index is 6.15. The molecule has 2 aromatic rings. The van der Waals surface area contributed by atoms with Gasteiger partial charge in [0.15, 0.2) is 5.96 Å². The Kier molecular flexibility index (Phi) is 9.90. The van der Waals surface area contributed by atoms with Crippen LogP contribution in [0.1, 0.15) is 17.5 Å². The Morgan fingerprint density at radius 1 is 1.09 bits per heavy atom. The molecule has 2 fully saturated rings. The van der Waals surface area contributed by atoms with Crippen molar-refractivity contribution < 1.29 is 4.74 Å². The lowest BCUT2D eigenvalue weighted by Gasteiger charge is -2.26. The minimum absolute atomic E-state index is 0. The largest absolute Gasteiger partial charge is 0.379 e. The number of rotatable bonds is 6. The molecule has 2 saturated heterocycles. The summed E-state index contributed by atoms with van der Waals surface area (Å²) in [4.78, 5) is 9.22. The Hall–Kier alpha value is -1.55. The third-order valence-electron chi connectivity index (χ3n) is 5.92. The second kappa shape index (κ2) is 12.6. The van der Waals surface area contributed by atoms with Crippen molar-refractivity contribution >= 4 is 47.2 Å². The molecular formula is C24H33ClIN5O. The summed E-state index contributed by atoms with van der Waals surface area (Å²) in [6.07, 6.45) is 1.07. The molecule has 2 aliphatic heterocycles. The number of nitrogens with zero attached hydrogens (tertiary/aromatic N) is 3. The Morgan fingerprint density at radius 2 is 1.84 bits per heavy atom. The zero-order valence-electron chi connectivity index (χ0n) is 18.6. The first kappa shape index (κ1) is 25.1. The highest BCUT2D eigenvalue weighted by molar-refractivity contribution is 14.0. The maximum absolute atomic E-state index is 6.15. The Balaban J connectivity index is 0.00000289. The van der Waals surface area contributed by atoms with Crippen LogP contribution in [0.4, 0.5) is 5.69 Å². The molecule has 2 aromatic carbocycles. The zero-order valence-corrected chi connectivity index (χ0v) is 21.7. The number of benzene rings is 2. The van der Waals surface area contributed by atoms with E-state index in [1.807, 2.05) is 25.2 Å². The lowest BCUT2D eigenvalue weighted by atomic mass is 10.1. The number of ether oxygens (including phenoxy) is 1. The van der Waals surface area contributed by atoms with Crippen molar-refractivity contribution in [3.05, 3.63) is 64.7 Å². The fraction of sp³-hybridized carbons (Fsp3) is 0.458. The molecule has 0 aromatic heterocycles. The van der Waals surface area contributed by atoms with Gasteiger partial charge in [0.05, 0.1) is 13.2 Å². The van der Waals surface area contributed by atoms with Crippen LogP contribution in [0.25, 0.3) is 0 Å². The van der Waals surface area contributed by atoms with Gasteiger partial charge in [0.2, 0.25) is 0 Å². The second-order valence-corrected chi connectivity index (χ2v) is 8.62. The van der Waals surface area contributed by atoms with Crippen molar-refractivity contribution in [3.63, 3.8) is 0 Å². The Labute approximate surface area is 213 Å². The van der Waals surface area contributed by atoms with Crippen LogP contribution < -0.4 is 15.5 Å². The van der Waals surface area contributed by atoms with Crippen LogP contribution in [0, 0.1) is 0 Å². The summed E-state index contributed by atoms with van der Waals surface area (Å²) in [5, 5.41) is 7.79. The van der Waals surface area contributed by atoms with Crippen LogP contribution >= 0.6 is 35.6 Å². The first-order chi connectivity index (χ1) is 15.2. The number of nitrogens with one attached hydrogen (secondary N) is 2. The standard InChI is InChI=1S/C24H32ClN5O.HI/c1-26-24(28-22-9-10-30(18-22)23-4-2-3-21(25)15-23)27-16-19-5-7-20(8-6-19)17-29-11-13-31-14-12-29;/h2-8,15,22H,9-14,16-18H2,1H3,(H2,26,27,28);1H. The second-order valence-electron chi connectivity index (χ2n) is 8.19. The molecule has 4 rings (SSSR count). The average Bonchev–Trinajstić information content (AvgIpc) is 3.27. The van der Waals surface area contributed by atoms with Crippen molar-refractivity contribution in [2.24, 2.45) is 4.99 Å². The van der Waals surface area contributed by atoms with Crippen LogP contribution in [0.3, 0.4) is 0 Å². The zero-order chi connectivity index (χ0) is 21.5. The van der Waals surface area contributed by atoms with Gasteiger partial charge < -0.3 is 20.3 Å². The Bertz CT molecular complexity index is 873. The van der Waals surface area contributed by atoms with E-state index in [-0.39, 0.29) is 24.0 Å². The molecule has 0 saturated carbocycles.